The molecule has 8 heteroatoms. The van der Waals surface area contributed by atoms with Gasteiger partial charge in [0, 0.05) is 35.9 Å². The SMILES string of the molecule is CN(C)CCN(Cc1ccc(C(=O)Nc2ccccc2N)cc1)C(=O)Nc1cccc(Cl)c1. The number of halogens is 1. The van der Waals surface area contributed by atoms with E-state index in [-0.39, 0.29) is 11.9 Å². The zero-order chi connectivity index (χ0) is 23.8. The Morgan fingerprint density at radius 2 is 1.64 bits per heavy atom. The zero-order valence-corrected chi connectivity index (χ0v) is 19.5. The molecule has 0 aliphatic heterocycles. The maximum absolute atomic E-state index is 12.9. The van der Waals surface area contributed by atoms with E-state index in [2.05, 4.69) is 10.6 Å². The van der Waals surface area contributed by atoms with Crippen LogP contribution in [0, 0.1) is 0 Å². The van der Waals surface area contributed by atoms with Crippen LogP contribution in [0.25, 0.3) is 0 Å². The molecule has 0 heterocycles. The molecule has 7 nitrogen and oxygen atoms in total. The number of carbonyl (C=O) groups excluding carboxylic acids is 2. The summed E-state index contributed by atoms with van der Waals surface area (Å²) in [4.78, 5) is 29.2. The second kappa shape index (κ2) is 11.4. The number of nitrogen functional groups attached to an aromatic ring is 1. The number of hydrogen-bond donors (Lipinski definition) is 3. The van der Waals surface area contributed by atoms with E-state index in [1.165, 1.54) is 0 Å². The molecule has 4 N–H and O–H groups in total. The first-order valence-electron chi connectivity index (χ1n) is 10.5. The van der Waals surface area contributed by atoms with Crippen LogP contribution in [0.5, 0.6) is 0 Å². The van der Waals surface area contributed by atoms with Crippen LogP contribution in [-0.2, 0) is 6.54 Å². The molecular formula is C25H28ClN5O2. The lowest BCUT2D eigenvalue weighted by atomic mass is 10.1. The number of likely N-dealkylation sites (N-methyl/N-ethyl adjacent to an activating group) is 1. The highest BCUT2D eigenvalue weighted by Crippen LogP contribution is 2.19. The monoisotopic (exact) mass is 465 g/mol. The Bertz CT molecular complexity index is 1100. The fourth-order valence-corrected chi connectivity index (χ4v) is 3.32. The standard InChI is InChI=1S/C25H28ClN5O2/c1-30(2)14-15-31(25(33)28-21-7-5-6-20(26)16-21)17-18-10-12-19(13-11-18)24(32)29-23-9-4-3-8-22(23)27/h3-13,16H,14-15,17,27H2,1-2H3,(H,28,33)(H,29,32). The second-order valence-corrected chi connectivity index (χ2v) is 8.34. The van der Waals surface area contributed by atoms with Gasteiger partial charge in [0.05, 0.1) is 11.4 Å². The van der Waals surface area contributed by atoms with Crippen molar-refractivity contribution in [3.05, 3.63) is 88.9 Å². The zero-order valence-electron chi connectivity index (χ0n) is 18.7. The molecule has 0 aromatic heterocycles. The number of nitrogens with zero attached hydrogens (tertiary/aromatic N) is 2. The molecule has 3 amide bonds. The molecule has 3 aromatic rings. The lowest BCUT2D eigenvalue weighted by molar-refractivity contribution is 0.102. The third-order valence-corrected chi connectivity index (χ3v) is 5.21. The highest BCUT2D eigenvalue weighted by atomic mass is 35.5. The second-order valence-electron chi connectivity index (χ2n) is 7.90. The van der Waals surface area contributed by atoms with Gasteiger partial charge in [0.2, 0.25) is 0 Å². The van der Waals surface area contributed by atoms with Gasteiger partial charge >= 0.3 is 6.03 Å². The van der Waals surface area contributed by atoms with Crippen molar-refractivity contribution in [3.63, 3.8) is 0 Å². The van der Waals surface area contributed by atoms with E-state index < -0.39 is 0 Å². The Hall–Kier alpha value is -3.55. The molecule has 3 rings (SSSR count). The number of rotatable bonds is 8. The molecule has 33 heavy (non-hydrogen) atoms. The van der Waals surface area contributed by atoms with E-state index in [1.54, 1.807) is 53.4 Å². The van der Waals surface area contributed by atoms with E-state index >= 15 is 0 Å². The Morgan fingerprint density at radius 1 is 0.909 bits per heavy atom. The highest BCUT2D eigenvalue weighted by molar-refractivity contribution is 6.30. The number of nitrogens with two attached hydrogens (primary N) is 1. The van der Waals surface area contributed by atoms with Crippen LogP contribution in [0.1, 0.15) is 15.9 Å². The quantitative estimate of drug-likeness (QED) is 0.418. The van der Waals surface area contributed by atoms with E-state index in [0.717, 1.165) is 5.56 Å². The van der Waals surface area contributed by atoms with Crippen molar-refractivity contribution in [1.29, 1.82) is 0 Å². The molecule has 0 saturated heterocycles. The minimum atomic E-state index is -0.248. The molecule has 172 valence electrons. The predicted molar refractivity (Wildman–Crippen MR) is 135 cm³/mol. The average Bonchev–Trinajstić information content (AvgIpc) is 2.78. The normalized spacial score (nSPS) is 10.7. The Balaban J connectivity index is 1.68. The number of carbonyl (C=O) groups is 2. The third kappa shape index (κ3) is 7.24. The number of para-hydroxylation sites is 2. The summed E-state index contributed by atoms with van der Waals surface area (Å²) >= 11 is 6.03. The summed E-state index contributed by atoms with van der Waals surface area (Å²) in [6.07, 6.45) is 0. The van der Waals surface area contributed by atoms with Gasteiger partial charge in [0.15, 0.2) is 0 Å². The largest absolute Gasteiger partial charge is 0.397 e. The number of urea groups is 1. The molecule has 0 spiro atoms. The lowest BCUT2D eigenvalue weighted by Gasteiger charge is -2.25. The lowest BCUT2D eigenvalue weighted by Crippen LogP contribution is -2.39. The third-order valence-electron chi connectivity index (χ3n) is 4.98. The van der Waals surface area contributed by atoms with E-state index in [0.29, 0.717) is 47.3 Å². The molecule has 0 aliphatic rings. The van der Waals surface area contributed by atoms with E-state index in [1.807, 2.05) is 43.3 Å². The van der Waals surface area contributed by atoms with Gasteiger partial charge in [-0.15, -0.1) is 0 Å². The van der Waals surface area contributed by atoms with E-state index in [9.17, 15) is 9.59 Å². The van der Waals surface area contributed by atoms with Crippen molar-refractivity contribution in [2.24, 2.45) is 0 Å². The predicted octanol–water partition coefficient (Wildman–Crippen LogP) is 4.77. The Labute approximate surface area is 199 Å². The molecule has 0 saturated carbocycles. The van der Waals surface area contributed by atoms with Crippen LogP contribution in [0.15, 0.2) is 72.8 Å². The maximum atomic E-state index is 12.9. The van der Waals surface area contributed by atoms with E-state index in [4.69, 9.17) is 17.3 Å². The summed E-state index contributed by atoms with van der Waals surface area (Å²) in [7, 11) is 3.92. The van der Waals surface area contributed by atoms with Gasteiger partial charge in [-0.3, -0.25) is 4.79 Å². The summed E-state index contributed by atoms with van der Waals surface area (Å²) in [6.45, 7) is 1.64. The smallest absolute Gasteiger partial charge is 0.322 e. The van der Waals surface area contributed by atoms with Crippen LogP contribution >= 0.6 is 11.6 Å². The molecule has 0 bridgehead atoms. The number of anilines is 3. The van der Waals surface area contributed by atoms with Crippen LogP contribution in [0.2, 0.25) is 5.02 Å². The van der Waals surface area contributed by atoms with Gasteiger partial charge in [-0.25, -0.2) is 4.79 Å². The summed E-state index contributed by atoms with van der Waals surface area (Å²) in [5.41, 5.74) is 9.02. The Kier molecular flexibility index (Phi) is 8.29. The van der Waals surface area contributed by atoms with Gasteiger partial charge in [-0.2, -0.15) is 0 Å². The van der Waals surface area contributed by atoms with Gasteiger partial charge < -0.3 is 26.2 Å². The average molecular weight is 466 g/mol. The summed E-state index contributed by atoms with van der Waals surface area (Å²) in [6, 6.07) is 21.1. The molecule has 0 atom stereocenters. The van der Waals surface area contributed by atoms with Crippen LogP contribution in [0.3, 0.4) is 0 Å². The molecule has 0 radical (unpaired) electrons. The maximum Gasteiger partial charge on any atom is 0.322 e. The van der Waals surface area contributed by atoms with Gasteiger partial charge in [0.1, 0.15) is 0 Å². The topological polar surface area (TPSA) is 90.7 Å². The van der Waals surface area contributed by atoms with Gasteiger partial charge in [-0.1, -0.05) is 41.9 Å². The summed E-state index contributed by atoms with van der Waals surface area (Å²) < 4.78 is 0. The van der Waals surface area contributed by atoms with Crippen LogP contribution in [-0.4, -0.2) is 48.9 Å². The van der Waals surface area contributed by atoms with Crippen LogP contribution < -0.4 is 16.4 Å². The van der Waals surface area contributed by atoms with Crippen molar-refractivity contribution in [1.82, 2.24) is 9.80 Å². The number of nitrogens with one attached hydrogen (secondary N) is 2. The summed E-state index contributed by atoms with van der Waals surface area (Å²) in [5, 5.41) is 6.27. The number of amides is 3. The van der Waals surface area contributed by atoms with Crippen molar-refractivity contribution in [3.8, 4) is 0 Å². The molecule has 0 fully saturated rings. The van der Waals surface area contributed by atoms with Crippen molar-refractivity contribution in [2.45, 2.75) is 6.54 Å². The minimum Gasteiger partial charge on any atom is -0.397 e. The first-order valence-corrected chi connectivity index (χ1v) is 10.9. The first kappa shape index (κ1) is 24.1. The van der Waals surface area contributed by atoms with Gasteiger partial charge in [-0.05, 0) is 62.1 Å². The van der Waals surface area contributed by atoms with Gasteiger partial charge in [0.25, 0.3) is 5.91 Å². The fourth-order valence-electron chi connectivity index (χ4n) is 3.13. The molecule has 3 aromatic carbocycles. The summed E-state index contributed by atoms with van der Waals surface area (Å²) in [5.74, 6) is -0.248. The first-order chi connectivity index (χ1) is 15.8. The number of benzene rings is 3. The minimum absolute atomic E-state index is 0.222. The molecule has 0 unspecified atom stereocenters. The van der Waals surface area contributed by atoms with Crippen molar-refractivity contribution < 1.29 is 9.59 Å². The molecule has 0 aliphatic carbocycles. The molecular weight excluding hydrogens is 438 g/mol. The highest BCUT2D eigenvalue weighted by Gasteiger charge is 2.15. The van der Waals surface area contributed by atoms with Crippen molar-refractivity contribution >= 4 is 40.6 Å². The van der Waals surface area contributed by atoms with Crippen molar-refractivity contribution in [2.75, 3.05) is 43.6 Å². The number of hydrogen-bond acceptors (Lipinski definition) is 4. The fraction of sp³-hybridized carbons (Fsp3) is 0.200. The Morgan fingerprint density at radius 3 is 2.30 bits per heavy atom. The van der Waals surface area contributed by atoms with Crippen LogP contribution in [0.4, 0.5) is 21.9 Å².